The Bertz CT molecular complexity index is 494. The molecule has 0 aromatic heterocycles. The quantitative estimate of drug-likeness (QED) is 0.874. The fourth-order valence-electron chi connectivity index (χ4n) is 2.68. The van der Waals surface area contributed by atoms with Crippen molar-refractivity contribution in [3.63, 3.8) is 0 Å². The van der Waals surface area contributed by atoms with Crippen LogP contribution in [0.4, 0.5) is 0 Å². The first kappa shape index (κ1) is 15.8. The maximum absolute atomic E-state index is 11.9. The number of hydrogen-bond acceptors (Lipinski definition) is 3. The topological polar surface area (TPSA) is 50.4 Å². The first-order valence-electron chi connectivity index (χ1n) is 7.77. The van der Waals surface area contributed by atoms with Crippen molar-refractivity contribution < 1.29 is 9.53 Å². The molecule has 116 valence electrons. The molecular formula is C17H26N2O2. The number of piperidine rings is 1. The molecule has 21 heavy (non-hydrogen) atoms. The molecule has 0 bridgehead atoms. The van der Waals surface area contributed by atoms with Crippen LogP contribution in [-0.2, 0) is 4.79 Å². The van der Waals surface area contributed by atoms with E-state index < -0.39 is 0 Å². The van der Waals surface area contributed by atoms with Crippen LogP contribution in [0.15, 0.2) is 12.1 Å². The normalized spacial score (nSPS) is 18.3. The lowest BCUT2D eigenvalue weighted by Gasteiger charge is -2.23. The van der Waals surface area contributed by atoms with Gasteiger partial charge in [-0.05, 0) is 62.9 Å². The van der Waals surface area contributed by atoms with E-state index in [9.17, 15) is 4.79 Å². The highest BCUT2D eigenvalue weighted by atomic mass is 16.5. The molecule has 1 atom stereocenters. The van der Waals surface area contributed by atoms with E-state index in [1.807, 2.05) is 6.07 Å². The molecule has 1 heterocycles. The number of amides is 1. The predicted octanol–water partition coefficient (Wildman–Crippen LogP) is 2.25. The first-order chi connectivity index (χ1) is 10.1. The molecule has 1 aliphatic rings. The van der Waals surface area contributed by atoms with Gasteiger partial charge < -0.3 is 15.4 Å². The third kappa shape index (κ3) is 4.74. The second-order valence-electron chi connectivity index (χ2n) is 5.91. The fourth-order valence-corrected chi connectivity index (χ4v) is 2.68. The number of carbonyl (C=O) groups is 1. The van der Waals surface area contributed by atoms with Crippen LogP contribution in [0.1, 0.15) is 36.0 Å². The van der Waals surface area contributed by atoms with E-state index in [2.05, 4.69) is 37.5 Å². The van der Waals surface area contributed by atoms with Crippen molar-refractivity contribution in [3.05, 3.63) is 28.8 Å². The third-order valence-electron chi connectivity index (χ3n) is 4.01. The van der Waals surface area contributed by atoms with Crippen molar-refractivity contribution in [1.29, 1.82) is 0 Å². The maximum Gasteiger partial charge on any atom is 0.223 e. The Balaban J connectivity index is 1.77. The number of benzene rings is 1. The van der Waals surface area contributed by atoms with E-state index in [-0.39, 0.29) is 11.9 Å². The first-order valence-corrected chi connectivity index (χ1v) is 7.77. The highest BCUT2D eigenvalue weighted by molar-refractivity contribution is 5.76. The van der Waals surface area contributed by atoms with Gasteiger partial charge in [-0.2, -0.15) is 0 Å². The molecular weight excluding hydrogens is 264 g/mol. The van der Waals surface area contributed by atoms with Crippen LogP contribution in [0.2, 0.25) is 0 Å². The van der Waals surface area contributed by atoms with Crippen molar-refractivity contribution in [1.82, 2.24) is 10.6 Å². The summed E-state index contributed by atoms with van der Waals surface area (Å²) in [7, 11) is 0. The lowest BCUT2D eigenvalue weighted by Crippen LogP contribution is -2.45. The van der Waals surface area contributed by atoms with E-state index in [0.29, 0.717) is 13.0 Å². The Hall–Kier alpha value is -1.55. The summed E-state index contributed by atoms with van der Waals surface area (Å²) in [6.45, 7) is 8.55. The van der Waals surface area contributed by atoms with Gasteiger partial charge in [-0.15, -0.1) is 0 Å². The average Bonchev–Trinajstić information content (AvgIpc) is 2.45. The van der Waals surface area contributed by atoms with Gasteiger partial charge >= 0.3 is 0 Å². The van der Waals surface area contributed by atoms with E-state index in [1.165, 1.54) is 11.1 Å². The summed E-state index contributed by atoms with van der Waals surface area (Å²) < 4.78 is 5.78. The Morgan fingerprint density at radius 3 is 2.90 bits per heavy atom. The SMILES string of the molecule is Cc1cc(C)c(C)c(OCCC(=O)NC2CCCNC2)c1. The van der Waals surface area contributed by atoms with Crippen molar-refractivity contribution >= 4 is 5.91 Å². The average molecular weight is 290 g/mol. The van der Waals surface area contributed by atoms with E-state index in [0.717, 1.165) is 37.2 Å². The third-order valence-corrected chi connectivity index (χ3v) is 4.01. The van der Waals surface area contributed by atoms with Crippen molar-refractivity contribution in [2.75, 3.05) is 19.7 Å². The van der Waals surface area contributed by atoms with Gasteiger partial charge in [-0.3, -0.25) is 4.79 Å². The zero-order valence-corrected chi connectivity index (χ0v) is 13.3. The van der Waals surface area contributed by atoms with E-state index in [4.69, 9.17) is 4.74 Å². The summed E-state index contributed by atoms with van der Waals surface area (Å²) in [5, 5.41) is 6.36. The molecule has 1 saturated heterocycles. The molecule has 2 N–H and O–H groups in total. The van der Waals surface area contributed by atoms with E-state index in [1.54, 1.807) is 0 Å². The van der Waals surface area contributed by atoms with Gasteiger partial charge in [-0.25, -0.2) is 0 Å². The number of aryl methyl sites for hydroxylation is 2. The summed E-state index contributed by atoms with van der Waals surface area (Å²) in [6.07, 6.45) is 2.60. The lowest BCUT2D eigenvalue weighted by molar-refractivity contribution is -0.122. The molecule has 1 aromatic carbocycles. The predicted molar refractivity (Wildman–Crippen MR) is 84.8 cm³/mol. The van der Waals surface area contributed by atoms with Crippen molar-refractivity contribution in [3.8, 4) is 5.75 Å². The summed E-state index contributed by atoms with van der Waals surface area (Å²) in [5.74, 6) is 0.963. The molecule has 0 spiro atoms. The molecule has 0 saturated carbocycles. The summed E-state index contributed by atoms with van der Waals surface area (Å²) in [6, 6.07) is 4.45. The molecule has 4 nitrogen and oxygen atoms in total. The monoisotopic (exact) mass is 290 g/mol. The highest BCUT2D eigenvalue weighted by Crippen LogP contribution is 2.23. The number of rotatable bonds is 5. The standard InChI is InChI=1S/C17H26N2O2/c1-12-9-13(2)14(3)16(10-12)21-8-6-17(20)19-15-5-4-7-18-11-15/h9-10,15,18H,4-8,11H2,1-3H3,(H,19,20). The van der Waals surface area contributed by atoms with Gasteiger partial charge in [0.05, 0.1) is 13.0 Å². The van der Waals surface area contributed by atoms with E-state index >= 15 is 0 Å². The Morgan fingerprint density at radius 1 is 1.38 bits per heavy atom. The van der Waals surface area contributed by atoms with Gasteiger partial charge in [0.25, 0.3) is 0 Å². The van der Waals surface area contributed by atoms with Gasteiger partial charge in [0, 0.05) is 12.6 Å². The minimum Gasteiger partial charge on any atom is -0.493 e. The summed E-state index contributed by atoms with van der Waals surface area (Å²) >= 11 is 0. The minimum atomic E-state index is 0.0747. The maximum atomic E-state index is 11.9. The van der Waals surface area contributed by atoms with Crippen LogP contribution in [0.3, 0.4) is 0 Å². The summed E-state index contributed by atoms with van der Waals surface area (Å²) in [4.78, 5) is 11.9. The molecule has 1 aliphatic heterocycles. The van der Waals surface area contributed by atoms with Crippen LogP contribution in [-0.4, -0.2) is 31.6 Å². The van der Waals surface area contributed by atoms with Crippen LogP contribution in [0.5, 0.6) is 5.75 Å². The van der Waals surface area contributed by atoms with Gasteiger partial charge in [-0.1, -0.05) is 6.07 Å². The highest BCUT2D eigenvalue weighted by Gasteiger charge is 2.15. The fraction of sp³-hybridized carbons (Fsp3) is 0.588. The van der Waals surface area contributed by atoms with Gasteiger partial charge in [0.2, 0.25) is 5.91 Å². The summed E-state index contributed by atoms with van der Waals surface area (Å²) in [5.41, 5.74) is 3.56. The Labute approximate surface area is 127 Å². The zero-order valence-electron chi connectivity index (χ0n) is 13.3. The Kier molecular flexibility index (Phi) is 5.62. The minimum absolute atomic E-state index is 0.0747. The van der Waals surface area contributed by atoms with Gasteiger partial charge in [0.15, 0.2) is 0 Å². The van der Waals surface area contributed by atoms with Crippen LogP contribution >= 0.6 is 0 Å². The second kappa shape index (κ2) is 7.46. The number of ether oxygens (including phenoxy) is 1. The molecule has 1 amide bonds. The van der Waals surface area contributed by atoms with Crippen molar-refractivity contribution in [2.24, 2.45) is 0 Å². The van der Waals surface area contributed by atoms with Crippen LogP contribution in [0, 0.1) is 20.8 Å². The largest absolute Gasteiger partial charge is 0.493 e. The molecule has 0 aliphatic carbocycles. The molecule has 1 aromatic rings. The van der Waals surface area contributed by atoms with Crippen LogP contribution in [0.25, 0.3) is 0 Å². The molecule has 1 unspecified atom stereocenters. The molecule has 2 rings (SSSR count). The van der Waals surface area contributed by atoms with Crippen molar-refractivity contribution in [2.45, 2.75) is 46.1 Å². The number of nitrogens with one attached hydrogen (secondary N) is 2. The molecule has 4 heteroatoms. The number of hydrogen-bond donors (Lipinski definition) is 2. The van der Waals surface area contributed by atoms with Crippen LogP contribution < -0.4 is 15.4 Å². The molecule has 1 fully saturated rings. The lowest BCUT2D eigenvalue weighted by atomic mass is 10.1. The second-order valence-corrected chi connectivity index (χ2v) is 5.91. The molecule has 0 radical (unpaired) electrons. The van der Waals surface area contributed by atoms with Gasteiger partial charge in [0.1, 0.15) is 5.75 Å². The zero-order chi connectivity index (χ0) is 15.2. The smallest absolute Gasteiger partial charge is 0.223 e. The Morgan fingerprint density at radius 2 is 2.19 bits per heavy atom. The number of carbonyl (C=O) groups excluding carboxylic acids is 1.